The van der Waals surface area contributed by atoms with Crippen LogP contribution in [0.3, 0.4) is 0 Å². The van der Waals surface area contributed by atoms with Gasteiger partial charge in [0.2, 0.25) is 0 Å². The molecule has 1 aliphatic carbocycles. The summed E-state index contributed by atoms with van der Waals surface area (Å²) >= 11 is 0. The Hall–Kier alpha value is -0.850. The zero-order chi connectivity index (χ0) is 16.3. The van der Waals surface area contributed by atoms with Crippen LogP contribution in [0.4, 0.5) is 4.79 Å². The second kappa shape index (κ2) is 7.36. The first kappa shape index (κ1) is 17.0. The van der Waals surface area contributed by atoms with Gasteiger partial charge in [0.1, 0.15) is 6.10 Å². The van der Waals surface area contributed by atoms with Crippen molar-refractivity contribution in [3.8, 4) is 0 Å². The lowest BCUT2D eigenvalue weighted by Gasteiger charge is -2.36. The van der Waals surface area contributed by atoms with E-state index in [1.54, 1.807) is 0 Å². The number of nitrogens with one attached hydrogen (secondary N) is 1. The third-order valence-electron chi connectivity index (χ3n) is 5.42. The van der Waals surface area contributed by atoms with Crippen LogP contribution in [0.15, 0.2) is 0 Å². The summed E-state index contributed by atoms with van der Waals surface area (Å²) in [6.07, 6.45) is 7.85. The number of hydrogen-bond acceptors (Lipinski definition) is 4. The van der Waals surface area contributed by atoms with Crippen molar-refractivity contribution in [2.24, 2.45) is 0 Å². The maximum Gasteiger partial charge on any atom is 0.317 e. The minimum Gasteiger partial charge on any atom is -0.347 e. The maximum absolute atomic E-state index is 12.4. The molecule has 23 heavy (non-hydrogen) atoms. The molecule has 6 heteroatoms. The third-order valence-corrected chi connectivity index (χ3v) is 5.42. The monoisotopic (exact) mass is 325 g/mol. The highest BCUT2D eigenvalue weighted by atomic mass is 16.7. The fraction of sp³-hybridized carbons (Fsp3) is 0.941. The van der Waals surface area contributed by atoms with Crippen LogP contribution in [0.5, 0.6) is 0 Å². The molecule has 3 rings (SSSR count). The summed E-state index contributed by atoms with van der Waals surface area (Å²) < 4.78 is 12.0. The lowest BCUT2D eigenvalue weighted by Crippen LogP contribution is -2.51. The maximum atomic E-state index is 12.4. The molecule has 0 radical (unpaired) electrons. The number of likely N-dealkylation sites (tertiary alicyclic amines) is 1. The molecule has 2 heterocycles. The van der Waals surface area contributed by atoms with E-state index in [1.807, 2.05) is 4.90 Å². The molecule has 2 aliphatic heterocycles. The quantitative estimate of drug-likeness (QED) is 0.860. The zero-order valence-corrected chi connectivity index (χ0v) is 14.6. The smallest absolute Gasteiger partial charge is 0.317 e. The molecule has 2 atom stereocenters. The van der Waals surface area contributed by atoms with E-state index in [9.17, 15) is 4.79 Å². The van der Waals surface area contributed by atoms with Gasteiger partial charge in [0.25, 0.3) is 0 Å². The van der Waals surface area contributed by atoms with Crippen LogP contribution >= 0.6 is 0 Å². The summed E-state index contributed by atoms with van der Waals surface area (Å²) in [6.45, 7) is 2.80. The summed E-state index contributed by atoms with van der Waals surface area (Å²) in [4.78, 5) is 16.5. The Morgan fingerprint density at radius 3 is 2.78 bits per heavy atom. The van der Waals surface area contributed by atoms with Crippen molar-refractivity contribution in [2.45, 2.75) is 62.9 Å². The van der Waals surface area contributed by atoms with Gasteiger partial charge in [-0.05, 0) is 39.8 Å². The summed E-state index contributed by atoms with van der Waals surface area (Å²) in [5, 5.41) is 3.04. The van der Waals surface area contributed by atoms with E-state index in [0.29, 0.717) is 19.2 Å². The van der Waals surface area contributed by atoms with Gasteiger partial charge in [0.05, 0.1) is 6.61 Å². The molecule has 3 fully saturated rings. The van der Waals surface area contributed by atoms with Gasteiger partial charge >= 0.3 is 6.03 Å². The zero-order valence-electron chi connectivity index (χ0n) is 14.6. The van der Waals surface area contributed by atoms with Crippen LogP contribution in [-0.2, 0) is 9.47 Å². The molecule has 0 aromatic carbocycles. The second-order valence-corrected chi connectivity index (χ2v) is 7.41. The third kappa shape index (κ3) is 4.17. The fourth-order valence-electron chi connectivity index (χ4n) is 3.94. The number of nitrogens with zero attached hydrogens (tertiary/aromatic N) is 2. The lowest BCUT2D eigenvalue weighted by molar-refractivity contribution is -0.186. The largest absolute Gasteiger partial charge is 0.347 e. The molecule has 0 bridgehead atoms. The van der Waals surface area contributed by atoms with E-state index in [4.69, 9.17) is 9.47 Å². The normalized spacial score (nSPS) is 30.8. The first-order chi connectivity index (χ1) is 11.1. The molecule has 2 saturated heterocycles. The molecule has 0 unspecified atom stereocenters. The predicted octanol–water partition coefficient (Wildman–Crippen LogP) is 1.80. The molecular weight excluding hydrogens is 294 g/mol. The summed E-state index contributed by atoms with van der Waals surface area (Å²) in [7, 11) is 4.17. The van der Waals surface area contributed by atoms with Crippen LogP contribution < -0.4 is 5.32 Å². The average molecular weight is 325 g/mol. The van der Waals surface area contributed by atoms with E-state index >= 15 is 0 Å². The molecule has 0 aromatic rings. The van der Waals surface area contributed by atoms with E-state index in [2.05, 4.69) is 24.3 Å². The molecule has 6 nitrogen and oxygen atoms in total. The summed E-state index contributed by atoms with van der Waals surface area (Å²) in [5.41, 5.74) is 0. The van der Waals surface area contributed by atoms with Gasteiger partial charge in [-0.2, -0.15) is 0 Å². The Morgan fingerprint density at radius 2 is 2.04 bits per heavy atom. The van der Waals surface area contributed by atoms with Crippen LogP contribution in [0.25, 0.3) is 0 Å². The van der Waals surface area contributed by atoms with Gasteiger partial charge in [0, 0.05) is 38.5 Å². The number of amides is 2. The number of hydrogen-bond donors (Lipinski definition) is 1. The minimum absolute atomic E-state index is 0.00788. The number of carbonyl (C=O) groups excluding carboxylic acids is 1. The molecular formula is C17H31N3O3. The number of ether oxygens (including phenoxy) is 2. The Labute approximate surface area is 139 Å². The number of carbonyl (C=O) groups is 1. The first-order valence-electron chi connectivity index (χ1n) is 9.09. The highest BCUT2D eigenvalue weighted by Crippen LogP contribution is 2.37. The number of rotatable bonds is 3. The van der Waals surface area contributed by atoms with Gasteiger partial charge in [-0.25, -0.2) is 4.79 Å². The van der Waals surface area contributed by atoms with Crippen molar-refractivity contribution >= 4 is 6.03 Å². The molecule has 3 aliphatic rings. The van der Waals surface area contributed by atoms with Crippen LogP contribution in [0, 0.1) is 0 Å². The molecule has 0 aromatic heterocycles. The second-order valence-electron chi connectivity index (χ2n) is 7.41. The van der Waals surface area contributed by atoms with Crippen molar-refractivity contribution in [2.75, 3.05) is 40.3 Å². The topological polar surface area (TPSA) is 54.0 Å². The highest BCUT2D eigenvalue weighted by molar-refractivity contribution is 5.74. The first-order valence-corrected chi connectivity index (χ1v) is 9.09. The average Bonchev–Trinajstić information content (AvgIpc) is 2.96. The number of urea groups is 1. The van der Waals surface area contributed by atoms with Gasteiger partial charge in [-0.1, -0.05) is 6.42 Å². The van der Waals surface area contributed by atoms with E-state index in [-0.39, 0.29) is 17.9 Å². The van der Waals surface area contributed by atoms with Crippen LogP contribution in [0.1, 0.15) is 44.9 Å². The van der Waals surface area contributed by atoms with Gasteiger partial charge in [-0.3, -0.25) is 0 Å². The van der Waals surface area contributed by atoms with Crippen molar-refractivity contribution in [1.29, 1.82) is 0 Å². The minimum atomic E-state index is -0.352. The van der Waals surface area contributed by atoms with E-state index in [0.717, 1.165) is 32.4 Å². The van der Waals surface area contributed by atoms with Crippen LogP contribution in [-0.4, -0.2) is 74.1 Å². The number of piperidine rings is 1. The fourth-order valence-corrected chi connectivity index (χ4v) is 3.94. The predicted molar refractivity (Wildman–Crippen MR) is 88.3 cm³/mol. The molecule has 1 spiro atoms. The highest BCUT2D eigenvalue weighted by Gasteiger charge is 2.42. The number of likely N-dealkylation sites (N-methyl/N-ethyl adjacent to an activating group) is 1. The van der Waals surface area contributed by atoms with Gasteiger partial charge in [0.15, 0.2) is 5.79 Å². The lowest BCUT2D eigenvalue weighted by atomic mass is 9.94. The van der Waals surface area contributed by atoms with E-state index in [1.165, 1.54) is 25.7 Å². The Balaban J connectivity index is 1.42. The van der Waals surface area contributed by atoms with Crippen molar-refractivity contribution in [3.63, 3.8) is 0 Å². The molecule has 1 saturated carbocycles. The Kier molecular flexibility index (Phi) is 5.44. The Bertz CT molecular complexity index is 410. The van der Waals surface area contributed by atoms with Gasteiger partial charge in [-0.15, -0.1) is 0 Å². The summed E-state index contributed by atoms with van der Waals surface area (Å²) in [6, 6.07) is 0.496. The van der Waals surface area contributed by atoms with Crippen molar-refractivity contribution < 1.29 is 14.3 Å². The van der Waals surface area contributed by atoms with Crippen molar-refractivity contribution in [3.05, 3.63) is 0 Å². The molecule has 132 valence electrons. The van der Waals surface area contributed by atoms with Crippen LogP contribution in [0.2, 0.25) is 0 Å². The standard InChI is InChI=1S/C17H31N3O3/c1-19(2)14-7-6-10-20(12-14)16(21)18-11-15-13-22-17(23-15)8-4-3-5-9-17/h14-15H,3-13H2,1-2H3,(H,18,21)/t14-,15+/m1/s1. The van der Waals surface area contributed by atoms with E-state index < -0.39 is 0 Å². The Morgan fingerprint density at radius 1 is 1.26 bits per heavy atom. The van der Waals surface area contributed by atoms with Crippen molar-refractivity contribution in [1.82, 2.24) is 15.1 Å². The SMILES string of the molecule is CN(C)[C@@H]1CCCN(C(=O)NC[C@H]2COC3(CCCCC3)O2)C1. The molecule has 1 N–H and O–H groups in total. The van der Waals surface area contributed by atoms with Gasteiger partial charge < -0.3 is 24.6 Å². The summed E-state index contributed by atoms with van der Waals surface area (Å²) in [5.74, 6) is -0.352. The molecule has 2 amide bonds.